The third-order valence-corrected chi connectivity index (χ3v) is 2.38. The molecule has 1 heterocycles. The van der Waals surface area contributed by atoms with E-state index in [0.717, 1.165) is 37.3 Å². The summed E-state index contributed by atoms with van der Waals surface area (Å²) in [5, 5.41) is 4.28. The Morgan fingerprint density at radius 2 is 2.36 bits per heavy atom. The van der Waals surface area contributed by atoms with Gasteiger partial charge < -0.3 is 4.74 Å². The predicted molar refractivity (Wildman–Crippen MR) is 58.1 cm³/mol. The van der Waals surface area contributed by atoms with Crippen LogP contribution in [0.2, 0.25) is 0 Å². The Morgan fingerprint density at radius 3 is 2.93 bits per heavy atom. The van der Waals surface area contributed by atoms with E-state index >= 15 is 0 Å². The molecule has 0 spiro atoms. The predicted octanol–water partition coefficient (Wildman–Crippen LogP) is 2.47. The molecule has 0 aliphatic rings. The van der Waals surface area contributed by atoms with E-state index in [1.54, 1.807) is 13.3 Å². The number of methoxy groups -OCH3 is 1. The molecule has 0 N–H and O–H groups in total. The lowest BCUT2D eigenvalue weighted by Crippen LogP contribution is -2.05. The minimum Gasteiger partial charge on any atom is -0.493 e. The van der Waals surface area contributed by atoms with E-state index < -0.39 is 0 Å². The number of nitrogens with zero attached hydrogens (tertiary/aromatic N) is 2. The van der Waals surface area contributed by atoms with Crippen molar-refractivity contribution in [2.24, 2.45) is 0 Å². The van der Waals surface area contributed by atoms with Crippen molar-refractivity contribution < 1.29 is 4.74 Å². The lowest BCUT2D eigenvalue weighted by atomic mass is 10.2. The van der Waals surface area contributed by atoms with Gasteiger partial charge in [-0.1, -0.05) is 6.92 Å². The zero-order chi connectivity index (χ0) is 10.4. The van der Waals surface area contributed by atoms with Crippen molar-refractivity contribution in [3.8, 4) is 5.75 Å². The monoisotopic (exact) mass is 216 g/mol. The highest BCUT2D eigenvalue weighted by Crippen LogP contribution is 2.19. The molecule has 0 fully saturated rings. The first-order chi connectivity index (χ1) is 6.83. The van der Waals surface area contributed by atoms with Crippen molar-refractivity contribution in [3.63, 3.8) is 0 Å². The van der Waals surface area contributed by atoms with Crippen molar-refractivity contribution >= 4 is 11.6 Å². The average Bonchev–Trinajstić information content (AvgIpc) is 2.58. The molecule has 80 valence electrons. The molecule has 0 radical (unpaired) electrons. The molecule has 4 heteroatoms. The number of aromatic nitrogens is 2. The second-order valence-corrected chi connectivity index (χ2v) is 3.55. The van der Waals surface area contributed by atoms with Gasteiger partial charge in [-0.2, -0.15) is 5.10 Å². The summed E-state index contributed by atoms with van der Waals surface area (Å²) in [5.41, 5.74) is 1.16. The van der Waals surface area contributed by atoms with Crippen LogP contribution >= 0.6 is 11.6 Å². The highest BCUT2D eigenvalue weighted by molar-refractivity contribution is 6.17. The van der Waals surface area contributed by atoms with Crippen molar-refractivity contribution in [3.05, 3.63) is 11.9 Å². The van der Waals surface area contributed by atoms with Gasteiger partial charge >= 0.3 is 0 Å². The highest BCUT2D eigenvalue weighted by Gasteiger charge is 2.09. The van der Waals surface area contributed by atoms with Crippen molar-refractivity contribution in [1.82, 2.24) is 9.78 Å². The molecule has 1 aromatic rings. The summed E-state index contributed by atoms with van der Waals surface area (Å²) in [6, 6.07) is 0. The fraction of sp³-hybridized carbons (Fsp3) is 0.700. The first-order valence-corrected chi connectivity index (χ1v) is 5.51. The lowest BCUT2D eigenvalue weighted by Gasteiger charge is -2.06. The van der Waals surface area contributed by atoms with Crippen LogP contribution in [0.5, 0.6) is 5.75 Å². The van der Waals surface area contributed by atoms with Gasteiger partial charge in [-0.3, -0.25) is 4.68 Å². The van der Waals surface area contributed by atoms with Crippen LogP contribution in [-0.2, 0) is 13.0 Å². The summed E-state index contributed by atoms with van der Waals surface area (Å²) in [6.45, 7) is 3.08. The Hall–Kier alpha value is -0.700. The zero-order valence-electron chi connectivity index (χ0n) is 8.79. The van der Waals surface area contributed by atoms with Crippen LogP contribution < -0.4 is 4.74 Å². The number of ether oxygens (including phenoxy) is 1. The van der Waals surface area contributed by atoms with E-state index in [2.05, 4.69) is 12.0 Å². The van der Waals surface area contributed by atoms with Gasteiger partial charge in [-0.15, -0.1) is 11.6 Å². The number of rotatable bonds is 6. The molecule has 0 aliphatic carbocycles. The highest BCUT2D eigenvalue weighted by atomic mass is 35.5. The molecular formula is C10H17ClN2O. The molecule has 3 nitrogen and oxygen atoms in total. The van der Waals surface area contributed by atoms with Crippen LogP contribution in [0, 0.1) is 0 Å². The first-order valence-electron chi connectivity index (χ1n) is 4.98. The van der Waals surface area contributed by atoms with Crippen molar-refractivity contribution in [1.29, 1.82) is 0 Å². The SMILES string of the molecule is CCCn1ncc(OC)c1CCCCl. The number of halogens is 1. The third kappa shape index (κ3) is 2.64. The van der Waals surface area contributed by atoms with Crippen molar-refractivity contribution in [2.75, 3.05) is 13.0 Å². The van der Waals surface area contributed by atoms with Crippen LogP contribution in [0.3, 0.4) is 0 Å². The Balaban J connectivity index is 2.76. The molecule has 14 heavy (non-hydrogen) atoms. The fourth-order valence-electron chi connectivity index (χ4n) is 1.46. The molecule has 0 unspecified atom stereocenters. The quantitative estimate of drug-likeness (QED) is 0.684. The average molecular weight is 217 g/mol. The second-order valence-electron chi connectivity index (χ2n) is 3.18. The Bertz CT molecular complexity index is 273. The van der Waals surface area contributed by atoms with Gasteiger partial charge in [0.15, 0.2) is 5.75 Å². The van der Waals surface area contributed by atoms with Gasteiger partial charge in [0.05, 0.1) is 19.0 Å². The Labute approximate surface area is 90.0 Å². The summed E-state index contributed by atoms with van der Waals surface area (Å²) in [6.07, 6.45) is 4.76. The molecule has 0 bridgehead atoms. The van der Waals surface area contributed by atoms with Crippen LogP contribution in [0.15, 0.2) is 6.20 Å². The molecule has 0 atom stereocenters. The smallest absolute Gasteiger partial charge is 0.159 e. The molecule has 0 aliphatic heterocycles. The summed E-state index contributed by atoms with van der Waals surface area (Å²) in [4.78, 5) is 0. The van der Waals surface area contributed by atoms with Gasteiger partial charge in [-0.05, 0) is 19.3 Å². The lowest BCUT2D eigenvalue weighted by molar-refractivity contribution is 0.406. The summed E-state index contributed by atoms with van der Waals surface area (Å²) in [7, 11) is 1.68. The molecule has 1 rings (SSSR count). The van der Waals surface area contributed by atoms with Gasteiger partial charge in [0.1, 0.15) is 0 Å². The van der Waals surface area contributed by atoms with E-state index in [-0.39, 0.29) is 0 Å². The first kappa shape index (κ1) is 11.4. The zero-order valence-corrected chi connectivity index (χ0v) is 9.55. The number of alkyl halides is 1. The van der Waals surface area contributed by atoms with Gasteiger partial charge in [0.2, 0.25) is 0 Å². The van der Waals surface area contributed by atoms with E-state index in [9.17, 15) is 0 Å². The third-order valence-electron chi connectivity index (χ3n) is 2.11. The number of aryl methyl sites for hydroxylation is 1. The van der Waals surface area contributed by atoms with E-state index in [0.29, 0.717) is 5.88 Å². The van der Waals surface area contributed by atoms with Gasteiger partial charge in [0.25, 0.3) is 0 Å². The van der Waals surface area contributed by atoms with E-state index in [1.807, 2.05) is 4.68 Å². The molecule has 0 saturated heterocycles. The summed E-state index contributed by atoms with van der Waals surface area (Å²) < 4.78 is 7.25. The maximum atomic E-state index is 5.67. The van der Waals surface area contributed by atoms with Crippen LogP contribution in [0.25, 0.3) is 0 Å². The molecule has 1 aromatic heterocycles. The van der Waals surface area contributed by atoms with Crippen LogP contribution in [0.4, 0.5) is 0 Å². The topological polar surface area (TPSA) is 27.1 Å². The van der Waals surface area contributed by atoms with Gasteiger partial charge in [0, 0.05) is 12.4 Å². The maximum absolute atomic E-state index is 5.67. The molecule has 0 saturated carbocycles. The number of hydrogen-bond donors (Lipinski definition) is 0. The van der Waals surface area contributed by atoms with Crippen LogP contribution in [0.1, 0.15) is 25.5 Å². The van der Waals surface area contributed by atoms with Gasteiger partial charge in [-0.25, -0.2) is 0 Å². The molecule has 0 amide bonds. The maximum Gasteiger partial charge on any atom is 0.159 e. The van der Waals surface area contributed by atoms with Crippen molar-refractivity contribution in [2.45, 2.75) is 32.7 Å². The standard InChI is InChI=1S/C10H17ClN2O/c1-3-7-13-9(5-4-6-11)10(14-2)8-12-13/h8H,3-7H2,1-2H3. The number of hydrogen-bond acceptors (Lipinski definition) is 2. The largest absolute Gasteiger partial charge is 0.493 e. The van der Waals surface area contributed by atoms with E-state index in [4.69, 9.17) is 16.3 Å². The van der Waals surface area contributed by atoms with E-state index in [1.165, 1.54) is 0 Å². The molecule has 0 aromatic carbocycles. The minimum absolute atomic E-state index is 0.681. The summed E-state index contributed by atoms with van der Waals surface area (Å²) in [5.74, 6) is 1.56. The minimum atomic E-state index is 0.681. The fourth-order valence-corrected chi connectivity index (χ4v) is 1.59. The van der Waals surface area contributed by atoms with Crippen LogP contribution in [-0.4, -0.2) is 22.8 Å². The second kappa shape index (κ2) is 5.91. The Kier molecular flexibility index (Phi) is 4.80. The Morgan fingerprint density at radius 1 is 1.57 bits per heavy atom. The normalized spacial score (nSPS) is 10.5. The molecular weight excluding hydrogens is 200 g/mol. The summed E-state index contributed by atoms with van der Waals surface area (Å²) >= 11 is 5.67.